The number of ether oxygens (including phenoxy) is 1. The molecule has 1 amide bonds. The molecule has 1 aromatic carbocycles. The molecule has 110 valence electrons. The summed E-state index contributed by atoms with van der Waals surface area (Å²) >= 11 is 5.73. The molecule has 1 atom stereocenters. The van der Waals surface area contributed by atoms with Gasteiger partial charge in [-0.15, -0.1) is 0 Å². The first-order chi connectivity index (χ1) is 10.1. The molecule has 0 fully saturated rings. The minimum Gasteiger partial charge on any atom is -0.497 e. The van der Waals surface area contributed by atoms with Crippen LogP contribution in [-0.2, 0) is 0 Å². The van der Waals surface area contributed by atoms with Crippen LogP contribution in [0.2, 0.25) is 5.15 Å². The van der Waals surface area contributed by atoms with Crippen LogP contribution in [0.25, 0.3) is 0 Å². The van der Waals surface area contributed by atoms with Crippen molar-refractivity contribution in [1.82, 2.24) is 10.3 Å². The molecule has 0 aliphatic carbocycles. The number of pyridine rings is 1. The summed E-state index contributed by atoms with van der Waals surface area (Å²) in [5, 5.41) is 12.9. The lowest BCUT2D eigenvalue weighted by Crippen LogP contribution is -2.29. The van der Waals surface area contributed by atoms with Crippen LogP contribution in [0.3, 0.4) is 0 Å². The van der Waals surface area contributed by atoms with Gasteiger partial charge in [0.25, 0.3) is 5.91 Å². The average molecular weight is 307 g/mol. The van der Waals surface area contributed by atoms with E-state index in [1.54, 1.807) is 49.6 Å². The van der Waals surface area contributed by atoms with Crippen molar-refractivity contribution in [3.63, 3.8) is 0 Å². The molecule has 2 aromatic rings. The third kappa shape index (κ3) is 4.18. The Morgan fingerprint density at radius 1 is 1.38 bits per heavy atom. The van der Waals surface area contributed by atoms with Crippen LogP contribution < -0.4 is 10.1 Å². The van der Waals surface area contributed by atoms with Gasteiger partial charge in [0.15, 0.2) is 0 Å². The van der Waals surface area contributed by atoms with Crippen LogP contribution >= 0.6 is 11.6 Å². The van der Waals surface area contributed by atoms with Gasteiger partial charge in [-0.25, -0.2) is 4.98 Å². The maximum Gasteiger partial charge on any atom is 0.270 e. The molecule has 2 rings (SSSR count). The maximum absolute atomic E-state index is 11.9. The van der Waals surface area contributed by atoms with Crippen LogP contribution in [0, 0.1) is 0 Å². The van der Waals surface area contributed by atoms with E-state index in [9.17, 15) is 9.90 Å². The standard InChI is InChI=1S/C15H15ClN2O3/c1-21-11-5-2-4-10(8-11)13(19)9-17-15(20)12-6-3-7-14(16)18-12/h2-8,13,19H,9H2,1H3,(H,17,20). The summed E-state index contributed by atoms with van der Waals surface area (Å²) in [4.78, 5) is 15.8. The number of aromatic nitrogens is 1. The molecule has 0 saturated heterocycles. The molecule has 0 aliphatic rings. The molecule has 21 heavy (non-hydrogen) atoms. The highest BCUT2D eigenvalue weighted by molar-refractivity contribution is 6.29. The van der Waals surface area contributed by atoms with Crippen molar-refractivity contribution < 1.29 is 14.6 Å². The number of hydrogen-bond donors (Lipinski definition) is 2. The lowest BCUT2D eigenvalue weighted by molar-refractivity contribution is 0.0911. The molecule has 1 unspecified atom stereocenters. The van der Waals surface area contributed by atoms with E-state index in [-0.39, 0.29) is 23.3 Å². The zero-order valence-electron chi connectivity index (χ0n) is 11.4. The minimum atomic E-state index is -0.830. The quantitative estimate of drug-likeness (QED) is 0.831. The first kappa shape index (κ1) is 15.3. The van der Waals surface area contributed by atoms with Gasteiger partial charge >= 0.3 is 0 Å². The number of aliphatic hydroxyl groups excluding tert-OH is 1. The normalized spacial score (nSPS) is 11.8. The topological polar surface area (TPSA) is 71.5 Å². The number of carbonyl (C=O) groups is 1. The molecule has 1 aromatic heterocycles. The van der Waals surface area contributed by atoms with Crippen molar-refractivity contribution in [2.24, 2.45) is 0 Å². The summed E-state index contributed by atoms with van der Waals surface area (Å²) < 4.78 is 5.09. The van der Waals surface area contributed by atoms with Gasteiger partial charge in [-0.3, -0.25) is 4.79 Å². The van der Waals surface area contributed by atoms with E-state index >= 15 is 0 Å². The van der Waals surface area contributed by atoms with E-state index in [1.165, 1.54) is 0 Å². The predicted octanol–water partition coefficient (Wildman–Crippen LogP) is 2.21. The van der Waals surface area contributed by atoms with Crippen LogP contribution in [0.5, 0.6) is 5.75 Å². The lowest BCUT2D eigenvalue weighted by Gasteiger charge is -2.13. The second-order valence-electron chi connectivity index (χ2n) is 4.35. The Kier molecular flexibility index (Phi) is 5.14. The van der Waals surface area contributed by atoms with Crippen LogP contribution in [0.15, 0.2) is 42.5 Å². The average Bonchev–Trinajstić information content (AvgIpc) is 2.52. The number of aliphatic hydroxyl groups is 1. The van der Waals surface area contributed by atoms with Crippen molar-refractivity contribution in [1.29, 1.82) is 0 Å². The van der Waals surface area contributed by atoms with Gasteiger partial charge in [-0.2, -0.15) is 0 Å². The van der Waals surface area contributed by atoms with Crippen molar-refractivity contribution in [3.8, 4) is 5.75 Å². The smallest absolute Gasteiger partial charge is 0.270 e. The summed E-state index contributed by atoms with van der Waals surface area (Å²) in [5.41, 5.74) is 0.869. The van der Waals surface area contributed by atoms with E-state index in [0.717, 1.165) is 0 Å². The maximum atomic E-state index is 11.9. The summed E-state index contributed by atoms with van der Waals surface area (Å²) in [6.07, 6.45) is -0.830. The van der Waals surface area contributed by atoms with Gasteiger partial charge < -0.3 is 15.2 Å². The van der Waals surface area contributed by atoms with Gasteiger partial charge in [0.1, 0.15) is 16.6 Å². The number of carbonyl (C=O) groups excluding carboxylic acids is 1. The first-order valence-electron chi connectivity index (χ1n) is 6.33. The molecule has 0 aliphatic heterocycles. The number of nitrogens with one attached hydrogen (secondary N) is 1. The second kappa shape index (κ2) is 7.06. The molecule has 1 heterocycles. The highest BCUT2D eigenvalue weighted by Gasteiger charge is 2.12. The van der Waals surface area contributed by atoms with E-state index in [2.05, 4.69) is 10.3 Å². The van der Waals surface area contributed by atoms with Crippen molar-refractivity contribution in [2.75, 3.05) is 13.7 Å². The summed E-state index contributed by atoms with van der Waals surface area (Å²) in [7, 11) is 1.55. The molecule has 0 radical (unpaired) electrons. The molecule has 2 N–H and O–H groups in total. The number of halogens is 1. The van der Waals surface area contributed by atoms with Gasteiger partial charge in [-0.05, 0) is 29.8 Å². The van der Waals surface area contributed by atoms with Crippen molar-refractivity contribution >= 4 is 17.5 Å². The summed E-state index contributed by atoms with van der Waals surface area (Å²) in [6.45, 7) is 0.0696. The van der Waals surface area contributed by atoms with Gasteiger partial charge in [0.2, 0.25) is 0 Å². The number of methoxy groups -OCH3 is 1. The number of rotatable bonds is 5. The molecule has 5 nitrogen and oxygen atoms in total. The fraction of sp³-hybridized carbons (Fsp3) is 0.200. The monoisotopic (exact) mass is 306 g/mol. The Labute approximate surface area is 127 Å². The SMILES string of the molecule is COc1cccc(C(O)CNC(=O)c2cccc(Cl)n2)c1. The molecule has 0 spiro atoms. The van der Waals surface area contributed by atoms with Crippen LogP contribution in [0.4, 0.5) is 0 Å². The largest absolute Gasteiger partial charge is 0.497 e. The molecular formula is C15H15ClN2O3. The molecule has 0 saturated carbocycles. The fourth-order valence-corrected chi connectivity index (χ4v) is 1.95. The van der Waals surface area contributed by atoms with E-state index < -0.39 is 6.10 Å². The Bertz CT molecular complexity index is 634. The highest BCUT2D eigenvalue weighted by Crippen LogP contribution is 2.18. The summed E-state index contributed by atoms with van der Waals surface area (Å²) in [6, 6.07) is 11.8. The fourth-order valence-electron chi connectivity index (χ4n) is 1.78. The molecular weight excluding hydrogens is 292 g/mol. The van der Waals surface area contributed by atoms with Crippen molar-refractivity contribution in [2.45, 2.75) is 6.10 Å². The second-order valence-corrected chi connectivity index (χ2v) is 4.74. The number of amides is 1. The Hall–Kier alpha value is -2.11. The molecule has 6 heteroatoms. The van der Waals surface area contributed by atoms with Gasteiger partial charge in [-0.1, -0.05) is 29.8 Å². The number of hydrogen-bond acceptors (Lipinski definition) is 4. The zero-order valence-corrected chi connectivity index (χ0v) is 12.2. The Balaban J connectivity index is 1.97. The van der Waals surface area contributed by atoms with Crippen molar-refractivity contribution in [3.05, 3.63) is 58.9 Å². The minimum absolute atomic E-state index is 0.0696. The summed E-state index contributed by atoms with van der Waals surface area (Å²) in [5.74, 6) is 0.258. The van der Waals surface area contributed by atoms with Crippen LogP contribution in [0.1, 0.15) is 22.2 Å². The number of benzene rings is 1. The van der Waals surface area contributed by atoms with Gasteiger partial charge in [0, 0.05) is 6.54 Å². The Morgan fingerprint density at radius 2 is 2.14 bits per heavy atom. The van der Waals surface area contributed by atoms with E-state index in [4.69, 9.17) is 16.3 Å². The molecule has 0 bridgehead atoms. The third-order valence-electron chi connectivity index (χ3n) is 2.88. The first-order valence-corrected chi connectivity index (χ1v) is 6.70. The number of nitrogens with zero attached hydrogens (tertiary/aromatic N) is 1. The van der Waals surface area contributed by atoms with E-state index in [1.807, 2.05) is 0 Å². The lowest BCUT2D eigenvalue weighted by atomic mass is 10.1. The Morgan fingerprint density at radius 3 is 2.86 bits per heavy atom. The zero-order chi connectivity index (χ0) is 15.2. The third-order valence-corrected chi connectivity index (χ3v) is 3.09. The predicted molar refractivity (Wildman–Crippen MR) is 79.5 cm³/mol. The van der Waals surface area contributed by atoms with Gasteiger partial charge in [0.05, 0.1) is 13.2 Å². The van der Waals surface area contributed by atoms with E-state index in [0.29, 0.717) is 11.3 Å². The highest BCUT2D eigenvalue weighted by atomic mass is 35.5. The van der Waals surface area contributed by atoms with Crippen LogP contribution in [-0.4, -0.2) is 29.7 Å².